The Morgan fingerprint density at radius 3 is 2.19 bits per heavy atom. The van der Waals surface area contributed by atoms with Gasteiger partial charge in [-0.15, -0.1) is 0 Å². The highest BCUT2D eigenvalue weighted by Gasteiger charge is 2.35. The molecule has 0 aromatic heterocycles. The van der Waals surface area contributed by atoms with Gasteiger partial charge in [0, 0.05) is 24.8 Å². The molecule has 0 atom stereocenters. The fourth-order valence-electron chi connectivity index (χ4n) is 3.00. The summed E-state index contributed by atoms with van der Waals surface area (Å²) in [6, 6.07) is 8.24. The molecule has 4 heteroatoms. The monoisotopic (exact) mass is 289 g/mol. The molecule has 21 heavy (non-hydrogen) atoms. The van der Waals surface area contributed by atoms with Gasteiger partial charge in [-0.2, -0.15) is 0 Å². The topological polar surface area (TPSA) is 49.6 Å². The van der Waals surface area contributed by atoms with Crippen LogP contribution in [0.3, 0.4) is 0 Å². The molecule has 2 N–H and O–H groups in total. The molecule has 0 aliphatic carbocycles. The summed E-state index contributed by atoms with van der Waals surface area (Å²) >= 11 is 0. The number of amides is 1. The van der Waals surface area contributed by atoms with E-state index in [9.17, 15) is 4.79 Å². The number of likely N-dealkylation sites (tertiary alicyclic amines) is 1. The molecule has 116 valence electrons. The Hall–Kier alpha value is -1.55. The van der Waals surface area contributed by atoms with E-state index in [4.69, 9.17) is 5.73 Å². The van der Waals surface area contributed by atoms with E-state index in [2.05, 4.69) is 19.0 Å². The molecule has 4 nitrogen and oxygen atoms in total. The first-order valence-electron chi connectivity index (χ1n) is 7.64. The van der Waals surface area contributed by atoms with Crippen LogP contribution in [0, 0.1) is 0 Å². The summed E-state index contributed by atoms with van der Waals surface area (Å²) in [5, 5.41) is 0. The van der Waals surface area contributed by atoms with Crippen LogP contribution in [0.2, 0.25) is 0 Å². The number of carbonyl (C=O) groups is 1. The van der Waals surface area contributed by atoms with Crippen molar-refractivity contribution in [3.63, 3.8) is 0 Å². The fourth-order valence-corrected chi connectivity index (χ4v) is 3.00. The fraction of sp³-hybridized carbons (Fsp3) is 0.588. The van der Waals surface area contributed by atoms with Crippen LogP contribution in [-0.4, -0.2) is 48.9 Å². The lowest BCUT2D eigenvalue weighted by Crippen LogP contribution is -2.49. The minimum Gasteiger partial charge on any atom is -0.399 e. The van der Waals surface area contributed by atoms with Gasteiger partial charge in [0.1, 0.15) is 0 Å². The van der Waals surface area contributed by atoms with Crippen LogP contribution in [0.4, 0.5) is 5.69 Å². The first-order valence-corrected chi connectivity index (χ1v) is 7.64. The van der Waals surface area contributed by atoms with Crippen LogP contribution >= 0.6 is 0 Å². The van der Waals surface area contributed by atoms with Crippen molar-refractivity contribution in [3.05, 3.63) is 29.8 Å². The predicted molar refractivity (Wildman–Crippen MR) is 87.2 cm³/mol. The van der Waals surface area contributed by atoms with Gasteiger partial charge in [0.15, 0.2) is 0 Å². The van der Waals surface area contributed by atoms with Gasteiger partial charge in [0.05, 0.1) is 5.41 Å². The number of hydrogen-bond acceptors (Lipinski definition) is 3. The van der Waals surface area contributed by atoms with Crippen molar-refractivity contribution in [1.29, 1.82) is 0 Å². The van der Waals surface area contributed by atoms with Crippen molar-refractivity contribution < 1.29 is 4.79 Å². The smallest absolute Gasteiger partial charge is 0.232 e. The van der Waals surface area contributed by atoms with Crippen LogP contribution in [0.5, 0.6) is 0 Å². The largest absolute Gasteiger partial charge is 0.399 e. The maximum absolute atomic E-state index is 12.9. The van der Waals surface area contributed by atoms with Crippen molar-refractivity contribution in [2.75, 3.05) is 32.9 Å². The van der Waals surface area contributed by atoms with Gasteiger partial charge in [0.2, 0.25) is 5.91 Å². The van der Waals surface area contributed by atoms with Gasteiger partial charge >= 0.3 is 0 Å². The number of hydrogen-bond donors (Lipinski definition) is 1. The molecular formula is C17H27N3O. The van der Waals surface area contributed by atoms with Crippen LogP contribution in [0.1, 0.15) is 32.3 Å². The summed E-state index contributed by atoms with van der Waals surface area (Å²) in [5.74, 6) is 0.212. The van der Waals surface area contributed by atoms with Gasteiger partial charge in [-0.1, -0.05) is 12.1 Å². The van der Waals surface area contributed by atoms with Crippen molar-refractivity contribution >= 4 is 11.6 Å². The van der Waals surface area contributed by atoms with E-state index in [1.165, 1.54) is 0 Å². The second-order valence-electron chi connectivity index (χ2n) is 6.73. The molecule has 1 saturated heterocycles. The molecule has 1 aliphatic heterocycles. The first-order chi connectivity index (χ1) is 9.82. The standard InChI is InChI=1S/C17H27N3O/c1-17(2,13-5-7-14(18)8-6-13)16(21)20-11-9-15(10-12-20)19(3)4/h5-8,15H,9-12,18H2,1-4H3. The van der Waals surface area contributed by atoms with Crippen LogP contribution in [0.25, 0.3) is 0 Å². The highest BCUT2D eigenvalue weighted by atomic mass is 16.2. The zero-order valence-corrected chi connectivity index (χ0v) is 13.6. The second kappa shape index (κ2) is 6.06. The normalized spacial score (nSPS) is 17.3. The maximum atomic E-state index is 12.9. The van der Waals surface area contributed by atoms with Crippen molar-refractivity contribution in [2.45, 2.75) is 38.1 Å². The predicted octanol–water partition coefficient (Wildman–Crippen LogP) is 2.10. The number of anilines is 1. The summed E-state index contributed by atoms with van der Waals surface area (Å²) < 4.78 is 0. The lowest BCUT2D eigenvalue weighted by Gasteiger charge is -2.39. The Morgan fingerprint density at radius 2 is 1.71 bits per heavy atom. The Labute approximate surface area is 127 Å². The molecule has 1 aliphatic rings. The van der Waals surface area contributed by atoms with Gasteiger partial charge in [-0.05, 0) is 58.5 Å². The van der Waals surface area contributed by atoms with Gasteiger partial charge < -0.3 is 15.5 Å². The zero-order chi connectivity index (χ0) is 15.6. The third kappa shape index (κ3) is 3.38. The number of nitrogens with two attached hydrogens (primary N) is 1. The Bertz CT molecular complexity index is 485. The average molecular weight is 289 g/mol. The highest BCUT2D eigenvalue weighted by molar-refractivity contribution is 5.87. The minimum atomic E-state index is -0.501. The van der Waals surface area contributed by atoms with Gasteiger partial charge in [0.25, 0.3) is 0 Å². The van der Waals surface area contributed by atoms with Crippen LogP contribution in [0.15, 0.2) is 24.3 Å². The summed E-state index contributed by atoms with van der Waals surface area (Å²) in [6.45, 7) is 5.69. The molecule has 1 aromatic rings. The third-order valence-electron chi connectivity index (χ3n) is 4.65. The first kappa shape index (κ1) is 15.8. The number of rotatable bonds is 3. The molecule has 1 fully saturated rings. The molecule has 0 bridgehead atoms. The van der Waals surface area contributed by atoms with E-state index in [0.717, 1.165) is 37.2 Å². The number of benzene rings is 1. The molecular weight excluding hydrogens is 262 g/mol. The minimum absolute atomic E-state index is 0.212. The molecule has 0 unspecified atom stereocenters. The maximum Gasteiger partial charge on any atom is 0.232 e. The van der Waals surface area contributed by atoms with Crippen LogP contribution < -0.4 is 5.73 Å². The van der Waals surface area contributed by atoms with Crippen molar-refractivity contribution in [3.8, 4) is 0 Å². The lowest BCUT2D eigenvalue weighted by molar-refractivity contribution is -0.137. The molecule has 1 aromatic carbocycles. The molecule has 2 rings (SSSR count). The van der Waals surface area contributed by atoms with Crippen molar-refractivity contribution in [2.24, 2.45) is 0 Å². The van der Waals surface area contributed by atoms with E-state index >= 15 is 0 Å². The SMILES string of the molecule is CN(C)C1CCN(C(=O)C(C)(C)c2ccc(N)cc2)CC1. The quantitative estimate of drug-likeness (QED) is 0.867. The van der Waals surface area contributed by atoms with E-state index in [-0.39, 0.29) is 5.91 Å². The van der Waals surface area contributed by atoms with Crippen molar-refractivity contribution in [1.82, 2.24) is 9.80 Å². The average Bonchev–Trinajstić information content (AvgIpc) is 2.47. The van der Waals surface area contributed by atoms with Gasteiger partial charge in [-0.25, -0.2) is 0 Å². The van der Waals surface area contributed by atoms with Crippen LogP contribution in [-0.2, 0) is 10.2 Å². The molecule has 0 spiro atoms. The van der Waals surface area contributed by atoms with Gasteiger partial charge in [-0.3, -0.25) is 4.79 Å². The third-order valence-corrected chi connectivity index (χ3v) is 4.65. The molecule has 0 radical (unpaired) electrons. The Morgan fingerprint density at radius 1 is 1.19 bits per heavy atom. The highest BCUT2D eigenvalue weighted by Crippen LogP contribution is 2.28. The molecule has 1 amide bonds. The second-order valence-corrected chi connectivity index (χ2v) is 6.73. The summed E-state index contributed by atoms with van der Waals surface area (Å²) in [4.78, 5) is 17.1. The number of nitrogen functional groups attached to an aromatic ring is 1. The Balaban J connectivity index is 2.07. The van der Waals surface area contributed by atoms with E-state index in [1.54, 1.807) is 0 Å². The lowest BCUT2D eigenvalue weighted by atomic mass is 9.82. The number of nitrogens with zero attached hydrogens (tertiary/aromatic N) is 2. The van der Waals surface area contributed by atoms with E-state index in [1.807, 2.05) is 43.0 Å². The summed E-state index contributed by atoms with van der Waals surface area (Å²) in [7, 11) is 4.22. The number of piperidine rings is 1. The summed E-state index contributed by atoms with van der Waals surface area (Å²) in [6.07, 6.45) is 2.10. The summed E-state index contributed by atoms with van der Waals surface area (Å²) in [5.41, 5.74) is 6.99. The Kier molecular flexibility index (Phi) is 4.57. The molecule has 0 saturated carbocycles. The molecule has 1 heterocycles. The van der Waals surface area contributed by atoms with E-state index in [0.29, 0.717) is 6.04 Å². The zero-order valence-electron chi connectivity index (χ0n) is 13.6. The van der Waals surface area contributed by atoms with E-state index < -0.39 is 5.41 Å². The number of carbonyl (C=O) groups excluding carboxylic acids is 1.